The summed E-state index contributed by atoms with van der Waals surface area (Å²) in [5, 5.41) is 10.1. The second kappa shape index (κ2) is 4.30. The molecule has 1 aromatic carbocycles. The first-order chi connectivity index (χ1) is 6.43. The third-order valence-electron chi connectivity index (χ3n) is 2.36. The molecule has 0 saturated heterocycles. The van der Waals surface area contributed by atoms with Crippen LogP contribution in [-0.4, -0.2) is 11.2 Å². The Hall–Kier alpha value is -0.570. The molecule has 2 nitrogen and oxygen atoms in total. The van der Waals surface area contributed by atoms with Gasteiger partial charge < -0.3 is 10.8 Å². The van der Waals surface area contributed by atoms with Crippen LogP contribution in [0.15, 0.2) is 12.1 Å². The zero-order valence-electron chi connectivity index (χ0n) is 8.71. The summed E-state index contributed by atoms with van der Waals surface area (Å²) in [5.74, 6) is 0. The first kappa shape index (κ1) is 11.5. The van der Waals surface area contributed by atoms with Crippen molar-refractivity contribution in [1.29, 1.82) is 0 Å². The van der Waals surface area contributed by atoms with Gasteiger partial charge in [-0.05, 0) is 37.5 Å². The number of hydrogen-bond acceptors (Lipinski definition) is 2. The van der Waals surface area contributed by atoms with E-state index in [0.29, 0.717) is 0 Å². The van der Waals surface area contributed by atoms with Crippen LogP contribution < -0.4 is 5.73 Å². The maximum absolute atomic E-state index is 9.37. The van der Waals surface area contributed by atoms with E-state index in [2.05, 4.69) is 0 Å². The number of aliphatic hydroxyl groups is 1. The summed E-state index contributed by atoms with van der Waals surface area (Å²) in [7, 11) is 0. The molecule has 14 heavy (non-hydrogen) atoms. The fourth-order valence-electron chi connectivity index (χ4n) is 1.45. The molecule has 0 aliphatic heterocycles. The highest BCUT2D eigenvalue weighted by Crippen LogP contribution is 2.25. The standard InChI is InChI=1S/C11H16ClNO/c1-6-4-9(11(13)8(3)14)5-7(2)10(6)12/h4-5,8,11,14H,13H2,1-3H3. The number of aryl methyl sites for hydroxylation is 2. The van der Waals surface area contributed by atoms with Gasteiger partial charge in [-0.1, -0.05) is 23.7 Å². The molecule has 0 aromatic heterocycles. The quantitative estimate of drug-likeness (QED) is 0.792. The monoisotopic (exact) mass is 213 g/mol. The van der Waals surface area contributed by atoms with E-state index in [1.54, 1.807) is 6.92 Å². The minimum atomic E-state index is -0.546. The van der Waals surface area contributed by atoms with Crippen molar-refractivity contribution in [2.75, 3.05) is 0 Å². The zero-order chi connectivity index (χ0) is 10.9. The number of nitrogens with two attached hydrogens (primary N) is 1. The molecule has 3 N–H and O–H groups in total. The van der Waals surface area contributed by atoms with Gasteiger partial charge in [0.15, 0.2) is 0 Å². The smallest absolute Gasteiger partial charge is 0.0704 e. The lowest BCUT2D eigenvalue weighted by Crippen LogP contribution is -2.23. The van der Waals surface area contributed by atoms with E-state index in [-0.39, 0.29) is 6.04 Å². The van der Waals surface area contributed by atoms with Gasteiger partial charge in [0.1, 0.15) is 0 Å². The first-order valence-corrected chi connectivity index (χ1v) is 5.01. The molecule has 0 aliphatic carbocycles. The van der Waals surface area contributed by atoms with Crippen molar-refractivity contribution in [1.82, 2.24) is 0 Å². The lowest BCUT2D eigenvalue weighted by atomic mass is 9.99. The summed E-state index contributed by atoms with van der Waals surface area (Å²) in [6, 6.07) is 3.50. The molecule has 3 heteroatoms. The van der Waals surface area contributed by atoms with Crippen LogP contribution >= 0.6 is 11.6 Å². The predicted octanol–water partition coefficient (Wildman–Crippen LogP) is 2.34. The number of rotatable bonds is 2. The summed E-state index contributed by atoms with van der Waals surface area (Å²) < 4.78 is 0. The maximum atomic E-state index is 9.37. The Bertz CT molecular complexity index is 313. The summed E-state index contributed by atoms with van der Waals surface area (Å²) in [4.78, 5) is 0. The van der Waals surface area contributed by atoms with Crippen LogP contribution in [0.25, 0.3) is 0 Å². The highest BCUT2D eigenvalue weighted by atomic mass is 35.5. The second-order valence-corrected chi connectivity index (χ2v) is 4.11. The number of benzene rings is 1. The van der Waals surface area contributed by atoms with E-state index in [9.17, 15) is 5.11 Å². The third kappa shape index (κ3) is 2.27. The Kier molecular flexibility index (Phi) is 3.53. The number of aliphatic hydroxyl groups excluding tert-OH is 1. The maximum Gasteiger partial charge on any atom is 0.0704 e. The van der Waals surface area contributed by atoms with Gasteiger partial charge in [-0.3, -0.25) is 0 Å². The molecule has 78 valence electrons. The molecule has 0 amide bonds. The molecule has 0 spiro atoms. The van der Waals surface area contributed by atoms with Crippen molar-refractivity contribution < 1.29 is 5.11 Å². The molecular formula is C11H16ClNO. The summed E-state index contributed by atoms with van der Waals surface area (Å²) in [6.45, 7) is 5.56. The Balaban J connectivity index is 3.12. The summed E-state index contributed by atoms with van der Waals surface area (Å²) in [6.07, 6.45) is -0.546. The normalized spacial score (nSPS) is 15.3. The minimum Gasteiger partial charge on any atom is -0.391 e. The van der Waals surface area contributed by atoms with Crippen LogP contribution in [0.5, 0.6) is 0 Å². The molecule has 0 radical (unpaired) electrons. The van der Waals surface area contributed by atoms with Gasteiger partial charge in [0.25, 0.3) is 0 Å². The van der Waals surface area contributed by atoms with E-state index >= 15 is 0 Å². The molecule has 2 atom stereocenters. The molecule has 0 fully saturated rings. The van der Waals surface area contributed by atoms with Crippen LogP contribution in [0.4, 0.5) is 0 Å². The molecule has 0 saturated carbocycles. The van der Waals surface area contributed by atoms with Crippen molar-refractivity contribution in [3.8, 4) is 0 Å². The van der Waals surface area contributed by atoms with Crippen molar-refractivity contribution in [3.63, 3.8) is 0 Å². The lowest BCUT2D eigenvalue weighted by molar-refractivity contribution is 0.164. The fraction of sp³-hybridized carbons (Fsp3) is 0.455. The SMILES string of the molecule is Cc1cc(C(N)C(C)O)cc(C)c1Cl. The second-order valence-electron chi connectivity index (χ2n) is 3.74. The number of halogens is 1. The average molecular weight is 214 g/mol. The molecular weight excluding hydrogens is 198 g/mol. The molecule has 1 rings (SSSR count). The first-order valence-electron chi connectivity index (χ1n) is 4.63. The Labute approximate surface area is 89.7 Å². The average Bonchev–Trinajstić information content (AvgIpc) is 2.12. The van der Waals surface area contributed by atoms with E-state index in [0.717, 1.165) is 21.7 Å². The van der Waals surface area contributed by atoms with Gasteiger partial charge in [0.05, 0.1) is 12.1 Å². The van der Waals surface area contributed by atoms with Crippen molar-refractivity contribution >= 4 is 11.6 Å². The van der Waals surface area contributed by atoms with Crippen LogP contribution in [0.2, 0.25) is 5.02 Å². The van der Waals surface area contributed by atoms with Crippen LogP contribution in [0.3, 0.4) is 0 Å². The van der Waals surface area contributed by atoms with Gasteiger partial charge in [0, 0.05) is 5.02 Å². The van der Waals surface area contributed by atoms with E-state index < -0.39 is 6.10 Å². The van der Waals surface area contributed by atoms with Crippen LogP contribution in [0.1, 0.15) is 29.7 Å². The van der Waals surface area contributed by atoms with Crippen molar-refractivity contribution in [2.24, 2.45) is 5.73 Å². The third-order valence-corrected chi connectivity index (χ3v) is 2.96. The summed E-state index contributed by atoms with van der Waals surface area (Å²) >= 11 is 6.03. The molecule has 0 aliphatic rings. The lowest BCUT2D eigenvalue weighted by Gasteiger charge is -2.17. The van der Waals surface area contributed by atoms with Gasteiger partial charge in [-0.2, -0.15) is 0 Å². The van der Waals surface area contributed by atoms with Gasteiger partial charge in [-0.15, -0.1) is 0 Å². The highest BCUT2D eigenvalue weighted by Gasteiger charge is 2.13. The van der Waals surface area contributed by atoms with Crippen LogP contribution in [0, 0.1) is 13.8 Å². The predicted molar refractivity (Wildman–Crippen MR) is 59.5 cm³/mol. The minimum absolute atomic E-state index is 0.343. The van der Waals surface area contributed by atoms with Gasteiger partial charge in [-0.25, -0.2) is 0 Å². The largest absolute Gasteiger partial charge is 0.391 e. The van der Waals surface area contributed by atoms with E-state index in [1.807, 2.05) is 26.0 Å². The molecule has 2 unspecified atom stereocenters. The Morgan fingerprint density at radius 3 is 2.07 bits per heavy atom. The van der Waals surface area contributed by atoms with Gasteiger partial charge >= 0.3 is 0 Å². The Morgan fingerprint density at radius 2 is 1.71 bits per heavy atom. The Morgan fingerprint density at radius 1 is 1.29 bits per heavy atom. The molecule has 0 bridgehead atoms. The summed E-state index contributed by atoms with van der Waals surface area (Å²) in [5.41, 5.74) is 8.76. The van der Waals surface area contributed by atoms with Crippen molar-refractivity contribution in [2.45, 2.75) is 32.9 Å². The van der Waals surface area contributed by atoms with E-state index in [1.165, 1.54) is 0 Å². The number of hydrogen-bond donors (Lipinski definition) is 2. The zero-order valence-corrected chi connectivity index (χ0v) is 9.47. The molecule has 1 aromatic rings. The highest BCUT2D eigenvalue weighted by molar-refractivity contribution is 6.32. The molecule has 0 heterocycles. The topological polar surface area (TPSA) is 46.2 Å². The van der Waals surface area contributed by atoms with E-state index in [4.69, 9.17) is 17.3 Å². The van der Waals surface area contributed by atoms with Crippen molar-refractivity contribution in [3.05, 3.63) is 33.8 Å². The van der Waals surface area contributed by atoms with Gasteiger partial charge in [0.2, 0.25) is 0 Å². The fourth-order valence-corrected chi connectivity index (χ4v) is 1.56. The van der Waals surface area contributed by atoms with Crippen LogP contribution in [-0.2, 0) is 0 Å².